The average molecular weight is 568 g/mol. The van der Waals surface area contributed by atoms with Crippen molar-refractivity contribution in [3.05, 3.63) is 60.7 Å². The van der Waals surface area contributed by atoms with Gasteiger partial charge < -0.3 is 30.2 Å². The molecule has 0 aliphatic carbocycles. The summed E-state index contributed by atoms with van der Waals surface area (Å²) in [5.74, 6) is 0.879. The first-order chi connectivity index (χ1) is 19.1. The largest absolute Gasteiger partial charge is 0.505 e. The van der Waals surface area contributed by atoms with E-state index in [0.29, 0.717) is 28.6 Å². The molecule has 4 rings (SSSR count). The minimum absolute atomic E-state index is 0.0509. The molecule has 0 spiro atoms. The van der Waals surface area contributed by atoms with Crippen LogP contribution in [-0.2, 0) is 10.1 Å². The predicted molar refractivity (Wildman–Crippen MR) is 147 cm³/mol. The number of hydrogen-bond acceptors (Lipinski definition) is 12. The number of aliphatic hydroxyl groups excluding tert-OH is 1. The summed E-state index contributed by atoms with van der Waals surface area (Å²) in [4.78, 5) is -0.399. The lowest BCUT2D eigenvalue weighted by atomic mass is 10.1. The fourth-order valence-electron chi connectivity index (χ4n) is 3.68. The molecule has 4 aromatic rings. The van der Waals surface area contributed by atoms with Gasteiger partial charge in [0.15, 0.2) is 5.75 Å². The summed E-state index contributed by atoms with van der Waals surface area (Å²) in [6.07, 6.45) is 0. The Labute approximate surface area is 228 Å². The van der Waals surface area contributed by atoms with E-state index in [-0.39, 0.29) is 46.8 Å². The number of hydrogen-bond donors (Lipinski definition) is 4. The number of benzene rings is 4. The Hall–Kier alpha value is -4.79. The van der Waals surface area contributed by atoms with Crippen LogP contribution < -0.4 is 19.9 Å². The number of aromatic hydroxyl groups is 1. The number of azo groups is 2. The molecule has 0 aliphatic rings. The molecule has 208 valence electrons. The highest BCUT2D eigenvalue weighted by Gasteiger charge is 2.17. The van der Waals surface area contributed by atoms with Crippen molar-refractivity contribution in [2.45, 2.75) is 4.90 Å². The number of fused-ring (bicyclic) bond motifs is 1. The van der Waals surface area contributed by atoms with Crippen LogP contribution in [0.4, 0.5) is 28.4 Å². The van der Waals surface area contributed by atoms with Gasteiger partial charge in [0, 0.05) is 23.2 Å². The normalized spacial score (nSPS) is 11.9. The molecular formula is C26H25N5O8S. The van der Waals surface area contributed by atoms with Crippen LogP contribution in [0.3, 0.4) is 0 Å². The Kier molecular flexibility index (Phi) is 8.43. The van der Waals surface area contributed by atoms with Crippen LogP contribution in [0.2, 0.25) is 0 Å². The molecule has 0 amide bonds. The zero-order valence-corrected chi connectivity index (χ0v) is 22.2. The lowest BCUT2D eigenvalue weighted by Gasteiger charge is -2.10. The third-order valence-corrected chi connectivity index (χ3v) is 6.42. The molecule has 0 aliphatic heterocycles. The summed E-state index contributed by atoms with van der Waals surface area (Å²) < 4.78 is 48.5. The van der Waals surface area contributed by atoms with Crippen LogP contribution in [0, 0.1) is 0 Å². The molecule has 0 saturated carbocycles. The molecule has 0 aromatic heterocycles. The van der Waals surface area contributed by atoms with E-state index in [1.807, 2.05) is 0 Å². The van der Waals surface area contributed by atoms with Gasteiger partial charge in [-0.05, 0) is 47.9 Å². The number of phenols is 1. The summed E-state index contributed by atoms with van der Waals surface area (Å²) in [5, 5.41) is 36.8. The van der Waals surface area contributed by atoms with Crippen molar-refractivity contribution in [3.63, 3.8) is 0 Å². The van der Waals surface area contributed by atoms with Crippen molar-refractivity contribution >= 4 is 49.3 Å². The lowest BCUT2D eigenvalue weighted by molar-refractivity contribution is 0.201. The Morgan fingerprint density at radius 1 is 0.825 bits per heavy atom. The number of nitrogens with zero attached hydrogens (tertiary/aromatic N) is 4. The van der Waals surface area contributed by atoms with Gasteiger partial charge in [-0.2, -0.15) is 13.5 Å². The van der Waals surface area contributed by atoms with Crippen LogP contribution in [-0.4, -0.2) is 50.6 Å². The highest BCUT2D eigenvalue weighted by Crippen LogP contribution is 2.43. The summed E-state index contributed by atoms with van der Waals surface area (Å²) in [5.41, 5.74) is 7.10. The van der Waals surface area contributed by atoms with Gasteiger partial charge in [0.1, 0.15) is 40.9 Å². The maximum atomic E-state index is 11.5. The number of nitrogens with two attached hydrogens (primary N) is 1. The zero-order chi connectivity index (χ0) is 28.9. The minimum atomic E-state index is -4.49. The summed E-state index contributed by atoms with van der Waals surface area (Å²) in [6, 6.07) is 15.0. The molecule has 0 heterocycles. The second-order valence-electron chi connectivity index (χ2n) is 8.18. The molecule has 4 aromatic carbocycles. The van der Waals surface area contributed by atoms with Crippen LogP contribution in [0.15, 0.2) is 86.0 Å². The summed E-state index contributed by atoms with van der Waals surface area (Å²) in [7, 11) is -1.59. The van der Waals surface area contributed by atoms with E-state index in [1.165, 1.54) is 38.5 Å². The molecule has 14 heteroatoms. The maximum Gasteiger partial charge on any atom is 0.294 e. The zero-order valence-electron chi connectivity index (χ0n) is 21.3. The first-order valence-corrected chi connectivity index (χ1v) is 13.0. The fraction of sp³-hybridized carbons (Fsp3) is 0.154. The number of ether oxygens (including phenoxy) is 3. The second kappa shape index (κ2) is 11.9. The standard InChI is InChI=1S/C26H25N5O8S/c1-37-23-14-22(24(38-2)13-21(23)30-28-16-4-6-17(7-5-16)39-10-9-32)31-29-20-8-3-15-11-18(40(34,35)36)12-19(27)25(15)26(20)33/h3-8,11-14,32-33H,9-10,27H2,1-2H3,(H,34,35,36). The van der Waals surface area contributed by atoms with Gasteiger partial charge in [0.2, 0.25) is 0 Å². The van der Waals surface area contributed by atoms with Crippen LogP contribution in [0.25, 0.3) is 10.8 Å². The first kappa shape index (κ1) is 28.2. The number of methoxy groups -OCH3 is 2. The third-order valence-electron chi connectivity index (χ3n) is 5.59. The Morgan fingerprint density at radius 3 is 2.00 bits per heavy atom. The topological polar surface area (TPSA) is 198 Å². The number of rotatable bonds is 10. The van der Waals surface area contributed by atoms with Crippen LogP contribution in [0.5, 0.6) is 23.0 Å². The average Bonchev–Trinajstić information content (AvgIpc) is 2.94. The highest BCUT2D eigenvalue weighted by molar-refractivity contribution is 7.85. The Bertz CT molecular complexity index is 1710. The van der Waals surface area contributed by atoms with Crippen molar-refractivity contribution in [2.75, 3.05) is 33.2 Å². The smallest absolute Gasteiger partial charge is 0.294 e. The Morgan fingerprint density at radius 2 is 1.43 bits per heavy atom. The van der Waals surface area contributed by atoms with E-state index in [4.69, 9.17) is 25.1 Å². The van der Waals surface area contributed by atoms with Gasteiger partial charge in [0.05, 0.1) is 31.4 Å². The van der Waals surface area contributed by atoms with Crippen molar-refractivity contribution in [2.24, 2.45) is 20.5 Å². The number of aliphatic hydroxyl groups is 1. The second-order valence-corrected chi connectivity index (χ2v) is 9.60. The van der Waals surface area contributed by atoms with Crippen molar-refractivity contribution in [1.82, 2.24) is 0 Å². The molecule has 0 fully saturated rings. The minimum Gasteiger partial charge on any atom is -0.505 e. The van der Waals surface area contributed by atoms with Crippen molar-refractivity contribution in [1.29, 1.82) is 0 Å². The lowest BCUT2D eigenvalue weighted by Crippen LogP contribution is -2.00. The van der Waals surface area contributed by atoms with E-state index in [2.05, 4.69) is 20.5 Å². The number of nitrogen functional groups attached to an aromatic ring is 1. The van der Waals surface area contributed by atoms with Gasteiger partial charge in [-0.1, -0.05) is 6.07 Å². The summed E-state index contributed by atoms with van der Waals surface area (Å²) in [6.45, 7) is 0.102. The predicted octanol–water partition coefficient (Wildman–Crippen LogP) is 5.59. The van der Waals surface area contributed by atoms with E-state index in [9.17, 15) is 18.1 Å². The van der Waals surface area contributed by atoms with Gasteiger partial charge in [-0.25, -0.2) is 0 Å². The molecule has 0 unspecified atom stereocenters. The highest BCUT2D eigenvalue weighted by atomic mass is 32.2. The quantitative estimate of drug-likeness (QED) is 0.107. The monoisotopic (exact) mass is 567 g/mol. The molecular weight excluding hydrogens is 542 g/mol. The third kappa shape index (κ3) is 6.26. The fourth-order valence-corrected chi connectivity index (χ4v) is 4.23. The van der Waals surface area contributed by atoms with Gasteiger partial charge in [-0.15, -0.1) is 15.3 Å². The summed E-state index contributed by atoms with van der Waals surface area (Å²) >= 11 is 0. The van der Waals surface area contributed by atoms with Gasteiger partial charge >= 0.3 is 0 Å². The van der Waals surface area contributed by atoms with Gasteiger partial charge in [0.25, 0.3) is 10.1 Å². The number of anilines is 1. The van der Waals surface area contributed by atoms with Crippen LogP contribution in [0.1, 0.15) is 0 Å². The molecule has 0 bridgehead atoms. The first-order valence-electron chi connectivity index (χ1n) is 11.6. The van der Waals surface area contributed by atoms with E-state index < -0.39 is 15.0 Å². The van der Waals surface area contributed by atoms with E-state index in [0.717, 1.165) is 6.07 Å². The van der Waals surface area contributed by atoms with E-state index in [1.54, 1.807) is 30.3 Å². The van der Waals surface area contributed by atoms with Gasteiger partial charge in [-0.3, -0.25) is 4.55 Å². The SMILES string of the molecule is COc1cc(N=Nc2ccc3cc(S(=O)(=O)O)cc(N)c3c2O)c(OC)cc1N=Nc1ccc(OCCO)cc1. The molecule has 40 heavy (non-hydrogen) atoms. The molecule has 5 N–H and O–H groups in total. The Balaban J connectivity index is 1.64. The van der Waals surface area contributed by atoms with Crippen molar-refractivity contribution < 1.29 is 37.4 Å². The van der Waals surface area contributed by atoms with Crippen LogP contribution >= 0.6 is 0 Å². The molecule has 0 atom stereocenters. The number of phenolic OH excluding ortho intramolecular Hbond substituents is 1. The van der Waals surface area contributed by atoms with E-state index >= 15 is 0 Å². The maximum absolute atomic E-state index is 11.5. The van der Waals surface area contributed by atoms with Crippen molar-refractivity contribution in [3.8, 4) is 23.0 Å². The molecule has 13 nitrogen and oxygen atoms in total. The molecule has 0 saturated heterocycles. The molecule has 0 radical (unpaired) electrons.